The lowest BCUT2D eigenvalue weighted by atomic mass is 9.93. The van der Waals surface area contributed by atoms with Gasteiger partial charge in [-0.1, -0.05) is 12.1 Å². The molecule has 0 aromatic heterocycles. The van der Waals surface area contributed by atoms with Crippen LogP contribution >= 0.6 is 0 Å². The first-order valence-corrected chi connectivity index (χ1v) is 9.65. The predicted molar refractivity (Wildman–Crippen MR) is 96.3 cm³/mol. The number of nitrogens with zero attached hydrogens (tertiary/aromatic N) is 1. The van der Waals surface area contributed by atoms with Crippen molar-refractivity contribution in [3.8, 4) is 0 Å². The zero-order chi connectivity index (χ0) is 17.6. The molecular weight excluding hydrogens is 341 g/mol. The quantitative estimate of drug-likeness (QED) is 0.872. The summed E-state index contributed by atoms with van der Waals surface area (Å²) in [6.07, 6.45) is 4.88. The van der Waals surface area contributed by atoms with E-state index in [4.69, 9.17) is 0 Å². The van der Waals surface area contributed by atoms with Crippen molar-refractivity contribution in [2.45, 2.75) is 25.8 Å². The van der Waals surface area contributed by atoms with E-state index in [-0.39, 0.29) is 10.6 Å². The second-order valence-electron chi connectivity index (χ2n) is 6.44. The van der Waals surface area contributed by atoms with Gasteiger partial charge in [0.05, 0.1) is 11.4 Å². The molecule has 0 spiro atoms. The highest BCUT2D eigenvalue weighted by Gasteiger charge is 2.33. The number of fused-ring (bicyclic) bond motifs is 2. The summed E-state index contributed by atoms with van der Waals surface area (Å²) in [6.45, 7) is 2.79. The molecule has 5 nitrogen and oxygen atoms in total. The van der Waals surface area contributed by atoms with Crippen molar-refractivity contribution in [3.63, 3.8) is 0 Å². The summed E-state index contributed by atoms with van der Waals surface area (Å²) in [7, 11) is -3.85. The Morgan fingerprint density at radius 2 is 2.16 bits per heavy atom. The summed E-state index contributed by atoms with van der Waals surface area (Å²) in [5.74, 6) is -0.493. The number of sulfonamides is 1. The molecule has 1 fully saturated rings. The highest BCUT2D eigenvalue weighted by Crippen LogP contribution is 2.38. The number of hydrogen-bond donors (Lipinski definition) is 2. The molecule has 3 aliphatic rings. The van der Waals surface area contributed by atoms with Crippen LogP contribution in [0.25, 0.3) is 0 Å². The Balaban J connectivity index is 1.75. The monoisotopic (exact) mass is 359 g/mol. The Morgan fingerprint density at radius 1 is 1.32 bits per heavy atom. The molecule has 1 saturated heterocycles. The Hall–Kier alpha value is -2.25. The number of nitrogens with one attached hydrogen (secondary N) is 2. The maximum Gasteiger partial charge on any atom is 0.264 e. The predicted octanol–water partition coefficient (Wildman–Crippen LogP) is 2.87. The van der Waals surface area contributed by atoms with Crippen molar-refractivity contribution in [1.29, 1.82) is 0 Å². The van der Waals surface area contributed by atoms with Crippen LogP contribution in [-0.4, -0.2) is 26.7 Å². The average molecular weight is 359 g/mol. The lowest BCUT2D eigenvalue weighted by Crippen LogP contribution is -2.37. The molecule has 0 radical (unpaired) electrons. The summed E-state index contributed by atoms with van der Waals surface area (Å²) in [6, 6.07) is 5.73. The zero-order valence-electron chi connectivity index (χ0n) is 13.7. The molecule has 7 heteroatoms. The van der Waals surface area contributed by atoms with Crippen LogP contribution in [0.2, 0.25) is 0 Å². The van der Waals surface area contributed by atoms with Gasteiger partial charge < -0.3 is 5.32 Å². The van der Waals surface area contributed by atoms with Crippen LogP contribution in [0.4, 0.5) is 10.1 Å². The van der Waals surface area contributed by atoms with E-state index >= 15 is 0 Å². The van der Waals surface area contributed by atoms with E-state index in [1.807, 2.05) is 6.08 Å². The van der Waals surface area contributed by atoms with Crippen LogP contribution in [0.5, 0.6) is 0 Å². The van der Waals surface area contributed by atoms with E-state index in [1.54, 1.807) is 6.08 Å². The molecule has 130 valence electrons. The van der Waals surface area contributed by atoms with Crippen molar-refractivity contribution in [1.82, 2.24) is 5.32 Å². The molecule has 2 N–H and O–H groups in total. The first kappa shape index (κ1) is 16.2. The maximum atomic E-state index is 13.3. The van der Waals surface area contributed by atoms with E-state index in [9.17, 15) is 12.8 Å². The van der Waals surface area contributed by atoms with Crippen LogP contribution < -0.4 is 10.0 Å². The number of rotatable bonds is 3. The highest BCUT2D eigenvalue weighted by molar-refractivity contribution is 7.96. The number of anilines is 1. The Bertz CT molecular complexity index is 974. The average Bonchev–Trinajstić information content (AvgIpc) is 2.91. The van der Waals surface area contributed by atoms with Crippen LogP contribution in [0.3, 0.4) is 0 Å². The summed E-state index contributed by atoms with van der Waals surface area (Å²) in [5.41, 5.74) is 3.76. The van der Waals surface area contributed by atoms with E-state index in [0.717, 1.165) is 29.3 Å². The molecule has 1 aromatic rings. The molecule has 1 unspecified atom stereocenters. The topological polar surface area (TPSA) is 70.6 Å². The van der Waals surface area contributed by atoms with Crippen molar-refractivity contribution in [2.24, 2.45) is 4.99 Å². The number of aliphatic imine (C=N–C) groups is 1. The molecule has 2 heterocycles. The van der Waals surface area contributed by atoms with Gasteiger partial charge in [-0.05, 0) is 48.8 Å². The molecule has 0 amide bonds. The summed E-state index contributed by atoms with van der Waals surface area (Å²) < 4.78 is 41.4. The Morgan fingerprint density at radius 3 is 2.96 bits per heavy atom. The van der Waals surface area contributed by atoms with Gasteiger partial charge in [0.25, 0.3) is 10.0 Å². The number of piperidine rings is 1. The van der Waals surface area contributed by atoms with Crippen LogP contribution in [0, 0.1) is 5.82 Å². The summed E-state index contributed by atoms with van der Waals surface area (Å²) in [4.78, 5) is 4.77. The van der Waals surface area contributed by atoms with Crippen LogP contribution in [0.15, 0.2) is 63.2 Å². The highest BCUT2D eigenvalue weighted by atomic mass is 32.2. The summed E-state index contributed by atoms with van der Waals surface area (Å²) >= 11 is 0. The lowest BCUT2D eigenvalue weighted by molar-refractivity contribution is 0.577. The van der Waals surface area contributed by atoms with Crippen molar-refractivity contribution < 1.29 is 12.8 Å². The van der Waals surface area contributed by atoms with Gasteiger partial charge in [-0.3, -0.25) is 9.71 Å². The van der Waals surface area contributed by atoms with Crippen molar-refractivity contribution in [2.75, 3.05) is 11.3 Å². The molecule has 1 aliphatic carbocycles. The maximum absolute atomic E-state index is 13.3. The number of benzene rings is 1. The third-order valence-electron chi connectivity index (χ3n) is 4.56. The van der Waals surface area contributed by atoms with Gasteiger partial charge in [-0.15, -0.1) is 0 Å². The first-order valence-electron chi connectivity index (χ1n) is 8.17. The molecular formula is C18H18FN3O2S. The van der Waals surface area contributed by atoms with E-state index in [2.05, 4.69) is 22.0 Å². The van der Waals surface area contributed by atoms with Crippen molar-refractivity contribution >= 4 is 21.4 Å². The summed E-state index contributed by atoms with van der Waals surface area (Å²) in [5, 5.41) is 3.39. The first-order chi connectivity index (χ1) is 11.9. The van der Waals surface area contributed by atoms with Gasteiger partial charge in [0.1, 0.15) is 10.7 Å². The van der Waals surface area contributed by atoms with Gasteiger partial charge >= 0.3 is 0 Å². The molecule has 0 saturated carbocycles. The van der Waals surface area contributed by atoms with Crippen LogP contribution in [-0.2, 0) is 10.0 Å². The van der Waals surface area contributed by atoms with Gasteiger partial charge in [-0.25, -0.2) is 12.8 Å². The van der Waals surface area contributed by atoms with Crippen LogP contribution in [0.1, 0.15) is 19.8 Å². The minimum atomic E-state index is -3.85. The van der Waals surface area contributed by atoms with Gasteiger partial charge in [0.15, 0.2) is 0 Å². The number of halogens is 1. The minimum absolute atomic E-state index is 0.139. The fourth-order valence-corrected chi connectivity index (χ4v) is 4.61. The largest absolute Gasteiger partial charge is 0.310 e. The minimum Gasteiger partial charge on any atom is -0.310 e. The smallest absolute Gasteiger partial charge is 0.264 e. The molecule has 1 aromatic carbocycles. The zero-order valence-corrected chi connectivity index (χ0v) is 14.5. The second-order valence-corrected chi connectivity index (χ2v) is 8.09. The third-order valence-corrected chi connectivity index (χ3v) is 5.98. The fourth-order valence-electron chi connectivity index (χ4n) is 3.37. The van der Waals surface area contributed by atoms with E-state index in [0.29, 0.717) is 24.7 Å². The second kappa shape index (κ2) is 5.93. The SMILES string of the molecule is CC1CC2=NC3=C(S(=O)(=O)Nc4cccc(F)c4)C=CCC3=C2CN1. The molecule has 4 rings (SSSR count). The molecule has 2 aliphatic heterocycles. The van der Waals surface area contributed by atoms with Gasteiger partial charge in [-0.2, -0.15) is 0 Å². The normalized spacial score (nSPS) is 22.6. The number of allylic oxidation sites excluding steroid dienone is 3. The fraction of sp³-hybridized carbons (Fsp3) is 0.278. The molecule has 1 atom stereocenters. The van der Waals surface area contributed by atoms with Gasteiger partial charge in [0, 0.05) is 24.7 Å². The third kappa shape index (κ3) is 2.94. The Kier molecular flexibility index (Phi) is 3.85. The van der Waals surface area contributed by atoms with E-state index in [1.165, 1.54) is 18.2 Å². The standard InChI is InChI=1S/C18H18FN3O2S/c1-11-8-16-15(10-20-11)14-6-3-7-17(18(14)21-16)25(23,24)22-13-5-2-4-12(19)9-13/h2-5,7,9,11,20,22H,6,8,10H2,1H3. The van der Waals surface area contributed by atoms with Gasteiger partial charge in [0.2, 0.25) is 0 Å². The van der Waals surface area contributed by atoms with E-state index < -0.39 is 15.8 Å². The number of hydrogen-bond acceptors (Lipinski definition) is 4. The molecule has 0 bridgehead atoms. The molecule has 25 heavy (non-hydrogen) atoms. The van der Waals surface area contributed by atoms with Crippen molar-refractivity contribution in [3.05, 3.63) is 64.0 Å². The Labute approximate surface area is 146 Å². The lowest BCUT2D eigenvalue weighted by Gasteiger charge is -2.22.